The summed E-state index contributed by atoms with van der Waals surface area (Å²) in [7, 11) is 0. The molecule has 7 nitrogen and oxygen atoms in total. The minimum Gasteiger partial charge on any atom is -0.346 e. The lowest BCUT2D eigenvalue weighted by molar-refractivity contribution is 0.0950. The summed E-state index contributed by atoms with van der Waals surface area (Å²) in [6.45, 7) is 4.40. The smallest absolute Gasteiger partial charge is 0.251 e. The van der Waals surface area contributed by atoms with Gasteiger partial charge in [-0.05, 0) is 58.8 Å². The first kappa shape index (κ1) is 19.4. The Hall–Kier alpha value is -3.87. The molecule has 7 heteroatoms. The van der Waals surface area contributed by atoms with E-state index in [0.29, 0.717) is 18.5 Å². The van der Waals surface area contributed by atoms with Crippen molar-refractivity contribution in [2.24, 2.45) is 0 Å². The number of benzene rings is 2. The molecule has 2 heterocycles. The molecule has 1 N–H and O–H groups in total. The number of aryl methyl sites for hydroxylation is 2. The Morgan fingerprint density at radius 2 is 1.87 bits per heavy atom. The number of hydrogen-bond donors (Lipinski definition) is 1. The van der Waals surface area contributed by atoms with E-state index in [2.05, 4.69) is 38.0 Å². The molecule has 0 saturated carbocycles. The first-order valence-corrected chi connectivity index (χ1v) is 9.82. The van der Waals surface area contributed by atoms with Crippen molar-refractivity contribution in [3.63, 3.8) is 0 Å². The van der Waals surface area contributed by atoms with Crippen LogP contribution in [0, 0.1) is 6.92 Å². The second kappa shape index (κ2) is 8.65. The number of nitrogens with zero attached hydrogens (tertiary/aromatic N) is 5. The first-order valence-electron chi connectivity index (χ1n) is 9.82. The summed E-state index contributed by atoms with van der Waals surface area (Å²) in [5, 5.41) is 14.9. The van der Waals surface area contributed by atoms with Crippen molar-refractivity contribution in [3.05, 3.63) is 89.5 Å². The van der Waals surface area contributed by atoms with Crippen LogP contribution in [0.15, 0.2) is 66.9 Å². The molecule has 150 valence electrons. The van der Waals surface area contributed by atoms with E-state index in [9.17, 15) is 4.79 Å². The van der Waals surface area contributed by atoms with E-state index < -0.39 is 0 Å². The maximum absolute atomic E-state index is 12.9. The van der Waals surface area contributed by atoms with Gasteiger partial charge in [0.05, 0.1) is 17.9 Å². The van der Waals surface area contributed by atoms with Gasteiger partial charge in [0.2, 0.25) is 0 Å². The van der Waals surface area contributed by atoms with Gasteiger partial charge in [0.15, 0.2) is 5.82 Å². The van der Waals surface area contributed by atoms with Crippen LogP contribution < -0.4 is 5.32 Å². The number of pyridine rings is 1. The van der Waals surface area contributed by atoms with Crippen LogP contribution in [-0.2, 0) is 13.0 Å². The lowest BCUT2D eigenvalue weighted by atomic mass is 10.0. The Morgan fingerprint density at radius 1 is 1.03 bits per heavy atom. The Labute approximate surface area is 174 Å². The van der Waals surface area contributed by atoms with Crippen molar-refractivity contribution < 1.29 is 4.79 Å². The highest BCUT2D eigenvalue weighted by Crippen LogP contribution is 2.25. The van der Waals surface area contributed by atoms with Gasteiger partial charge >= 0.3 is 0 Å². The molecule has 0 aliphatic carbocycles. The minimum atomic E-state index is -0.179. The third kappa shape index (κ3) is 4.25. The molecule has 0 radical (unpaired) electrons. The van der Waals surface area contributed by atoms with Crippen molar-refractivity contribution >= 4 is 5.91 Å². The van der Waals surface area contributed by atoms with E-state index in [-0.39, 0.29) is 5.91 Å². The van der Waals surface area contributed by atoms with Gasteiger partial charge in [-0.15, -0.1) is 5.10 Å². The van der Waals surface area contributed by atoms with E-state index in [4.69, 9.17) is 0 Å². The first-order chi connectivity index (χ1) is 14.6. The molecule has 0 spiro atoms. The fraction of sp³-hybridized carbons (Fsp3) is 0.174. The Balaban J connectivity index is 1.71. The summed E-state index contributed by atoms with van der Waals surface area (Å²) in [6, 6.07) is 19.5. The Morgan fingerprint density at radius 3 is 2.60 bits per heavy atom. The van der Waals surface area contributed by atoms with Crippen LogP contribution in [0.5, 0.6) is 0 Å². The van der Waals surface area contributed by atoms with Crippen molar-refractivity contribution in [1.82, 2.24) is 30.5 Å². The monoisotopic (exact) mass is 398 g/mol. The molecule has 0 fully saturated rings. The molecule has 0 aliphatic heterocycles. The molecule has 0 atom stereocenters. The molecule has 0 bridgehead atoms. The van der Waals surface area contributed by atoms with Crippen LogP contribution in [0.3, 0.4) is 0 Å². The predicted molar refractivity (Wildman–Crippen MR) is 114 cm³/mol. The van der Waals surface area contributed by atoms with E-state index >= 15 is 0 Å². The van der Waals surface area contributed by atoms with Gasteiger partial charge in [-0.1, -0.05) is 42.8 Å². The summed E-state index contributed by atoms with van der Waals surface area (Å²) >= 11 is 0. The summed E-state index contributed by atoms with van der Waals surface area (Å²) in [5.41, 5.74) is 5.21. The topological polar surface area (TPSA) is 85.6 Å². The van der Waals surface area contributed by atoms with Crippen molar-refractivity contribution in [3.8, 4) is 16.8 Å². The van der Waals surface area contributed by atoms with Crippen molar-refractivity contribution in [2.45, 2.75) is 26.8 Å². The van der Waals surface area contributed by atoms with Gasteiger partial charge in [0.1, 0.15) is 0 Å². The van der Waals surface area contributed by atoms with Crippen LogP contribution in [0.4, 0.5) is 0 Å². The van der Waals surface area contributed by atoms with E-state index in [1.54, 1.807) is 16.9 Å². The number of carbonyl (C=O) groups excluding carboxylic acids is 1. The summed E-state index contributed by atoms with van der Waals surface area (Å²) in [6.07, 6.45) is 2.39. The van der Waals surface area contributed by atoms with Crippen molar-refractivity contribution in [1.29, 1.82) is 0 Å². The van der Waals surface area contributed by atoms with Gasteiger partial charge in [-0.25, -0.2) is 0 Å². The molecule has 2 aromatic heterocycles. The second-order valence-electron chi connectivity index (χ2n) is 7.00. The molecule has 0 saturated heterocycles. The number of amides is 1. The highest BCUT2D eigenvalue weighted by molar-refractivity contribution is 5.96. The summed E-state index contributed by atoms with van der Waals surface area (Å²) in [4.78, 5) is 17.2. The number of aromatic nitrogens is 5. The Bertz CT molecular complexity index is 1150. The molecule has 4 rings (SSSR count). The predicted octanol–water partition coefficient (Wildman–Crippen LogP) is 3.53. The molecule has 4 aromatic rings. The van der Waals surface area contributed by atoms with Crippen LogP contribution >= 0.6 is 0 Å². The number of hydrogen-bond acceptors (Lipinski definition) is 5. The molecule has 30 heavy (non-hydrogen) atoms. The molecule has 1 amide bonds. The zero-order valence-electron chi connectivity index (χ0n) is 16.9. The normalized spacial score (nSPS) is 10.7. The zero-order valence-corrected chi connectivity index (χ0v) is 16.9. The maximum atomic E-state index is 12.9. The summed E-state index contributed by atoms with van der Waals surface area (Å²) < 4.78 is 1.67. The standard InChI is InChI=1S/C23H22N6O/c1-3-22-26-27-28-29(22)21-13-18(17-9-7-16(2)8-10-17)12-19(14-21)23(30)25-15-20-6-4-5-11-24-20/h4-14H,3,15H2,1-2H3,(H,25,30). The molecular formula is C23H22N6O. The lowest BCUT2D eigenvalue weighted by Gasteiger charge is -2.12. The zero-order chi connectivity index (χ0) is 20.9. The van der Waals surface area contributed by atoms with Crippen LogP contribution in [0.1, 0.15) is 34.4 Å². The largest absolute Gasteiger partial charge is 0.346 e. The van der Waals surface area contributed by atoms with Crippen molar-refractivity contribution in [2.75, 3.05) is 0 Å². The van der Waals surface area contributed by atoms with Gasteiger partial charge in [0, 0.05) is 18.2 Å². The molecular weight excluding hydrogens is 376 g/mol. The third-order valence-electron chi connectivity index (χ3n) is 4.82. The minimum absolute atomic E-state index is 0.179. The summed E-state index contributed by atoms with van der Waals surface area (Å²) in [5.74, 6) is 0.554. The molecule has 0 aliphatic rings. The Kier molecular flexibility index (Phi) is 5.61. The number of carbonyl (C=O) groups is 1. The van der Waals surface area contributed by atoms with E-state index in [0.717, 1.165) is 28.3 Å². The van der Waals surface area contributed by atoms with E-state index in [1.807, 2.05) is 56.3 Å². The lowest BCUT2D eigenvalue weighted by Crippen LogP contribution is -2.23. The molecule has 2 aromatic carbocycles. The second-order valence-corrected chi connectivity index (χ2v) is 7.00. The number of rotatable bonds is 6. The highest BCUT2D eigenvalue weighted by Gasteiger charge is 2.14. The van der Waals surface area contributed by atoms with Gasteiger partial charge in [-0.2, -0.15) is 4.68 Å². The van der Waals surface area contributed by atoms with Gasteiger partial charge in [-0.3, -0.25) is 9.78 Å². The average molecular weight is 398 g/mol. The third-order valence-corrected chi connectivity index (χ3v) is 4.82. The van der Waals surface area contributed by atoms with Gasteiger partial charge < -0.3 is 5.32 Å². The average Bonchev–Trinajstić information content (AvgIpc) is 3.27. The van der Waals surface area contributed by atoms with Crippen LogP contribution in [0.2, 0.25) is 0 Å². The fourth-order valence-corrected chi connectivity index (χ4v) is 3.18. The molecule has 0 unspecified atom stereocenters. The SMILES string of the molecule is CCc1nnnn1-c1cc(C(=O)NCc2ccccn2)cc(-c2ccc(C)cc2)c1. The van der Waals surface area contributed by atoms with Crippen LogP contribution in [-0.4, -0.2) is 31.1 Å². The maximum Gasteiger partial charge on any atom is 0.251 e. The van der Waals surface area contributed by atoms with E-state index in [1.165, 1.54) is 5.56 Å². The number of tetrazole rings is 1. The van der Waals surface area contributed by atoms with Crippen LogP contribution in [0.25, 0.3) is 16.8 Å². The van der Waals surface area contributed by atoms with Gasteiger partial charge in [0.25, 0.3) is 5.91 Å². The number of nitrogens with one attached hydrogen (secondary N) is 1. The fourth-order valence-electron chi connectivity index (χ4n) is 3.18. The quantitative estimate of drug-likeness (QED) is 0.537. The highest BCUT2D eigenvalue weighted by atomic mass is 16.1.